The summed E-state index contributed by atoms with van der Waals surface area (Å²) in [7, 11) is 0. The molecule has 2 aromatic carbocycles. The van der Waals surface area contributed by atoms with Crippen LogP contribution in [0, 0.1) is 0 Å². The Labute approximate surface area is 167 Å². The van der Waals surface area contributed by atoms with Crippen molar-refractivity contribution < 1.29 is 9.59 Å². The predicted octanol–water partition coefficient (Wildman–Crippen LogP) is 4.54. The van der Waals surface area contributed by atoms with E-state index >= 15 is 0 Å². The number of carbonyl (C=O) groups excluding carboxylic acids is 2. The summed E-state index contributed by atoms with van der Waals surface area (Å²) in [6, 6.07) is 12.0. The third-order valence-corrected chi connectivity index (χ3v) is 5.37. The third-order valence-electron chi connectivity index (χ3n) is 3.57. The van der Waals surface area contributed by atoms with Crippen LogP contribution < -0.4 is 10.6 Å². The van der Waals surface area contributed by atoms with Crippen molar-refractivity contribution in [3.05, 3.63) is 63.6 Å². The summed E-state index contributed by atoms with van der Waals surface area (Å²) in [5.74, 6) is 0.159. The molecule has 2 rings (SSSR count). The van der Waals surface area contributed by atoms with Crippen LogP contribution in [0.1, 0.15) is 29.8 Å². The minimum Gasteiger partial charge on any atom is -0.355 e. The molecule has 2 amide bonds. The minimum absolute atomic E-state index is 0.205. The highest BCUT2D eigenvalue weighted by atomic mass is 35.5. The van der Waals surface area contributed by atoms with Crippen LogP contribution >= 0.6 is 35.0 Å². The van der Waals surface area contributed by atoms with Crippen LogP contribution in [-0.2, 0) is 10.5 Å². The number of thioether (sulfide) groups is 1. The summed E-state index contributed by atoms with van der Waals surface area (Å²) in [5.41, 5.74) is 1.49. The Kier molecular flexibility index (Phi) is 7.82. The van der Waals surface area contributed by atoms with Crippen LogP contribution in [0.4, 0.5) is 0 Å². The zero-order valence-corrected chi connectivity index (χ0v) is 16.8. The van der Waals surface area contributed by atoms with Crippen LogP contribution in [-0.4, -0.2) is 24.4 Å². The Balaban J connectivity index is 2.02. The van der Waals surface area contributed by atoms with Crippen molar-refractivity contribution in [3.63, 3.8) is 0 Å². The normalized spacial score (nSPS) is 11.7. The van der Waals surface area contributed by atoms with Gasteiger partial charge in [-0.3, -0.25) is 9.59 Å². The van der Waals surface area contributed by atoms with Crippen molar-refractivity contribution in [2.45, 2.75) is 30.5 Å². The van der Waals surface area contributed by atoms with E-state index in [1.54, 1.807) is 36.9 Å². The molecule has 4 nitrogen and oxygen atoms in total. The molecule has 0 saturated heterocycles. The lowest BCUT2D eigenvalue weighted by molar-refractivity contribution is -0.122. The molecular formula is C19H20Cl2N2O2S. The summed E-state index contributed by atoms with van der Waals surface area (Å²) >= 11 is 13.7. The van der Waals surface area contributed by atoms with Crippen molar-refractivity contribution in [1.29, 1.82) is 0 Å². The minimum atomic E-state index is -0.592. The fourth-order valence-electron chi connectivity index (χ4n) is 2.22. The smallest absolute Gasteiger partial charge is 0.251 e. The molecule has 0 spiro atoms. The molecular weight excluding hydrogens is 391 g/mol. The van der Waals surface area contributed by atoms with Crippen molar-refractivity contribution >= 4 is 46.8 Å². The topological polar surface area (TPSA) is 58.2 Å². The van der Waals surface area contributed by atoms with Crippen LogP contribution in [0.5, 0.6) is 0 Å². The first-order valence-corrected chi connectivity index (χ1v) is 9.90. The van der Waals surface area contributed by atoms with E-state index in [9.17, 15) is 9.59 Å². The average Bonchev–Trinajstić information content (AvgIpc) is 2.62. The van der Waals surface area contributed by atoms with Crippen LogP contribution in [0.15, 0.2) is 47.4 Å². The molecule has 2 aromatic rings. The fraction of sp³-hybridized carbons (Fsp3) is 0.263. The number of hydrogen-bond donors (Lipinski definition) is 2. The second kappa shape index (κ2) is 9.86. The van der Waals surface area contributed by atoms with Gasteiger partial charge in [-0.2, -0.15) is 0 Å². The molecule has 1 atom stereocenters. The largest absolute Gasteiger partial charge is 0.355 e. The first kappa shape index (κ1) is 20.6. The van der Waals surface area contributed by atoms with Gasteiger partial charge in [-0.25, -0.2) is 0 Å². The second-order valence-corrected chi connectivity index (χ2v) is 7.51. The highest BCUT2D eigenvalue weighted by Crippen LogP contribution is 2.32. The maximum absolute atomic E-state index is 12.4. The monoisotopic (exact) mass is 410 g/mol. The molecule has 26 heavy (non-hydrogen) atoms. The number of likely N-dealkylation sites (N-methyl/N-ethyl adjacent to an activating group) is 1. The Morgan fingerprint density at radius 1 is 1.15 bits per heavy atom. The van der Waals surface area contributed by atoms with Crippen molar-refractivity contribution in [1.82, 2.24) is 10.6 Å². The second-order valence-electron chi connectivity index (χ2n) is 5.65. The number of hydrogen-bond acceptors (Lipinski definition) is 3. The average molecular weight is 411 g/mol. The molecule has 138 valence electrons. The maximum Gasteiger partial charge on any atom is 0.251 e. The van der Waals surface area contributed by atoms with Gasteiger partial charge < -0.3 is 10.6 Å². The van der Waals surface area contributed by atoms with Gasteiger partial charge in [-0.1, -0.05) is 35.3 Å². The Morgan fingerprint density at radius 3 is 2.65 bits per heavy atom. The standard InChI is InChI=1S/C19H20Cl2N2O2S/c1-3-22-18(24)12(2)23-19(25)14-6-4-5-13(9-14)11-26-17-10-15(20)7-8-16(17)21/h4-10,12H,3,11H2,1-2H3,(H,22,24)(H,23,25)/t12-/m1/s1. The van der Waals surface area contributed by atoms with E-state index in [2.05, 4.69) is 10.6 Å². The van der Waals surface area contributed by atoms with Gasteiger partial charge in [0, 0.05) is 27.8 Å². The molecule has 0 unspecified atom stereocenters. The van der Waals surface area contributed by atoms with E-state index in [0.717, 1.165) is 10.5 Å². The molecule has 0 aliphatic rings. The van der Waals surface area contributed by atoms with Gasteiger partial charge in [0.15, 0.2) is 0 Å². The molecule has 0 saturated carbocycles. The summed E-state index contributed by atoms with van der Waals surface area (Å²) in [4.78, 5) is 25.0. The first-order chi connectivity index (χ1) is 12.4. The number of nitrogens with one attached hydrogen (secondary N) is 2. The number of rotatable bonds is 7. The summed E-state index contributed by atoms with van der Waals surface area (Å²) in [6.07, 6.45) is 0. The van der Waals surface area contributed by atoms with E-state index in [4.69, 9.17) is 23.2 Å². The van der Waals surface area contributed by atoms with E-state index < -0.39 is 6.04 Å². The Hall–Kier alpha value is -1.69. The maximum atomic E-state index is 12.4. The molecule has 0 aliphatic carbocycles. The number of benzene rings is 2. The van der Waals surface area contributed by atoms with E-state index in [1.165, 1.54) is 0 Å². The van der Waals surface area contributed by atoms with Gasteiger partial charge in [0.05, 0.1) is 5.02 Å². The fourth-order valence-corrected chi connectivity index (χ4v) is 3.66. The summed E-state index contributed by atoms with van der Waals surface area (Å²) in [6.45, 7) is 4.02. The molecule has 0 fully saturated rings. The van der Waals surface area contributed by atoms with Gasteiger partial charge in [-0.15, -0.1) is 11.8 Å². The van der Waals surface area contributed by atoms with E-state index in [0.29, 0.717) is 27.9 Å². The van der Waals surface area contributed by atoms with Crippen LogP contribution in [0.2, 0.25) is 10.0 Å². The SMILES string of the molecule is CCNC(=O)[C@@H](C)NC(=O)c1cccc(CSc2cc(Cl)ccc2Cl)c1. The molecule has 0 heterocycles. The molecule has 0 bridgehead atoms. The Morgan fingerprint density at radius 2 is 1.92 bits per heavy atom. The van der Waals surface area contributed by atoms with Crippen LogP contribution in [0.3, 0.4) is 0 Å². The van der Waals surface area contributed by atoms with Gasteiger partial charge in [0.2, 0.25) is 5.91 Å². The first-order valence-electron chi connectivity index (χ1n) is 8.16. The molecule has 0 aliphatic heterocycles. The zero-order chi connectivity index (χ0) is 19.1. The van der Waals surface area contributed by atoms with Gasteiger partial charge in [0.1, 0.15) is 6.04 Å². The number of halogens is 2. The lowest BCUT2D eigenvalue weighted by Crippen LogP contribution is -2.44. The third kappa shape index (κ3) is 5.94. The van der Waals surface area contributed by atoms with Gasteiger partial charge in [-0.05, 0) is 49.7 Å². The summed E-state index contributed by atoms with van der Waals surface area (Å²) in [5, 5.41) is 6.66. The lowest BCUT2D eigenvalue weighted by atomic mass is 10.1. The molecule has 7 heteroatoms. The van der Waals surface area contributed by atoms with Crippen molar-refractivity contribution in [3.8, 4) is 0 Å². The van der Waals surface area contributed by atoms with Crippen LogP contribution in [0.25, 0.3) is 0 Å². The molecule has 2 N–H and O–H groups in total. The lowest BCUT2D eigenvalue weighted by Gasteiger charge is -2.13. The van der Waals surface area contributed by atoms with Gasteiger partial charge >= 0.3 is 0 Å². The van der Waals surface area contributed by atoms with E-state index in [1.807, 2.05) is 31.2 Å². The van der Waals surface area contributed by atoms with Crippen molar-refractivity contribution in [2.75, 3.05) is 6.54 Å². The Bertz CT molecular complexity index is 799. The molecule has 0 aromatic heterocycles. The van der Waals surface area contributed by atoms with Gasteiger partial charge in [0.25, 0.3) is 5.91 Å². The number of carbonyl (C=O) groups is 2. The quantitative estimate of drug-likeness (QED) is 0.658. The van der Waals surface area contributed by atoms with Crippen molar-refractivity contribution in [2.24, 2.45) is 0 Å². The highest BCUT2D eigenvalue weighted by Gasteiger charge is 2.16. The predicted molar refractivity (Wildman–Crippen MR) is 108 cm³/mol. The van der Waals surface area contributed by atoms with E-state index in [-0.39, 0.29) is 11.8 Å². The molecule has 0 radical (unpaired) electrons. The summed E-state index contributed by atoms with van der Waals surface area (Å²) < 4.78 is 0. The number of amides is 2. The zero-order valence-electron chi connectivity index (χ0n) is 14.5. The highest BCUT2D eigenvalue weighted by molar-refractivity contribution is 7.98.